The minimum atomic E-state index is 0.856. The van der Waals surface area contributed by atoms with E-state index in [0.29, 0.717) is 0 Å². The maximum Gasteiger partial charge on any atom is 0.119 e. The molecule has 0 aromatic heterocycles. The fourth-order valence-electron chi connectivity index (χ4n) is 2.13. The van der Waals surface area contributed by atoms with Gasteiger partial charge in [0, 0.05) is 0 Å². The Balaban J connectivity index is 2.00. The monoisotopic (exact) mass is 204 g/mol. The fourth-order valence-corrected chi connectivity index (χ4v) is 2.13. The van der Waals surface area contributed by atoms with Crippen molar-refractivity contribution in [1.29, 1.82) is 0 Å². The van der Waals surface area contributed by atoms with E-state index in [0.717, 1.165) is 18.8 Å². The lowest BCUT2D eigenvalue weighted by molar-refractivity contribution is 0.309. The number of aryl methyl sites for hydroxylation is 2. The van der Waals surface area contributed by atoms with Crippen LogP contribution in [0.1, 0.15) is 43.7 Å². The summed E-state index contributed by atoms with van der Waals surface area (Å²) in [5, 5.41) is 0. The second-order valence-corrected chi connectivity index (χ2v) is 4.34. The lowest BCUT2D eigenvalue weighted by Crippen LogP contribution is -2.03. The summed E-state index contributed by atoms with van der Waals surface area (Å²) < 4.78 is 5.71. The third-order valence-electron chi connectivity index (χ3n) is 3.09. The maximum atomic E-state index is 5.71. The number of unbranched alkanes of at least 4 members (excludes halogenated alkanes) is 1. The van der Waals surface area contributed by atoms with E-state index in [4.69, 9.17) is 4.74 Å². The highest BCUT2D eigenvalue weighted by Crippen LogP contribution is 2.25. The predicted octanol–water partition coefficient (Wildman–Crippen LogP) is 3.74. The SMILES string of the molecule is CCCCOc1ccc2c(c1)CCCC2. The van der Waals surface area contributed by atoms with Crippen molar-refractivity contribution in [1.82, 2.24) is 0 Å². The van der Waals surface area contributed by atoms with Crippen LogP contribution in [0.5, 0.6) is 5.75 Å². The van der Waals surface area contributed by atoms with Gasteiger partial charge in [0.2, 0.25) is 0 Å². The van der Waals surface area contributed by atoms with Crippen LogP contribution in [0.25, 0.3) is 0 Å². The molecule has 0 bridgehead atoms. The molecule has 0 saturated carbocycles. The number of hydrogen-bond acceptors (Lipinski definition) is 1. The maximum absolute atomic E-state index is 5.71. The number of hydrogen-bond donors (Lipinski definition) is 0. The molecule has 0 aliphatic heterocycles. The zero-order chi connectivity index (χ0) is 10.5. The van der Waals surface area contributed by atoms with Crippen molar-refractivity contribution in [2.75, 3.05) is 6.61 Å². The Morgan fingerprint density at radius 1 is 1.13 bits per heavy atom. The van der Waals surface area contributed by atoms with E-state index in [9.17, 15) is 0 Å². The van der Waals surface area contributed by atoms with Crippen molar-refractivity contribution in [2.24, 2.45) is 0 Å². The third kappa shape index (κ3) is 2.74. The van der Waals surface area contributed by atoms with E-state index in [1.807, 2.05) is 0 Å². The zero-order valence-corrected chi connectivity index (χ0v) is 9.59. The standard InChI is InChI=1S/C14H20O/c1-2-3-10-15-14-9-8-12-6-4-5-7-13(12)11-14/h8-9,11H,2-7,10H2,1H3. The van der Waals surface area contributed by atoms with Gasteiger partial charge in [0.05, 0.1) is 6.61 Å². The Morgan fingerprint density at radius 3 is 2.73 bits per heavy atom. The summed E-state index contributed by atoms with van der Waals surface area (Å²) in [5.41, 5.74) is 3.04. The molecular weight excluding hydrogens is 184 g/mol. The smallest absolute Gasteiger partial charge is 0.119 e. The van der Waals surface area contributed by atoms with Crippen LogP contribution in [0.2, 0.25) is 0 Å². The fraction of sp³-hybridized carbons (Fsp3) is 0.571. The van der Waals surface area contributed by atoms with Crippen molar-refractivity contribution in [3.63, 3.8) is 0 Å². The molecule has 0 atom stereocenters. The van der Waals surface area contributed by atoms with E-state index in [-0.39, 0.29) is 0 Å². The molecule has 0 spiro atoms. The third-order valence-corrected chi connectivity index (χ3v) is 3.09. The van der Waals surface area contributed by atoms with Crippen LogP contribution in [0.4, 0.5) is 0 Å². The van der Waals surface area contributed by atoms with Gasteiger partial charge in [-0.25, -0.2) is 0 Å². The lowest BCUT2D eigenvalue weighted by atomic mass is 9.92. The number of rotatable bonds is 4. The van der Waals surface area contributed by atoms with E-state index in [2.05, 4.69) is 25.1 Å². The van der Waals surface area contributed by atoms with Gasteiger partial charge in [-0.15, -0.1) is 0 Å². The molecule has 0 radical (unpaired) electrons. The van der Waals surface area contributed by atoms with Crippen LogP contribution >= 0.6 is 0 Å². The summed E-state index contributed by atoms with van der Waals surface area (Å²) in [6.45, 7) is 3.05. The molecular formula is C14H20O. The summed E-state index contributed by atoms with van der Waals surface area (Å²) in [6, 6.07) is 6.61. The molecule has 15 heavy (non-hydrogen) atoms. The summed E-state index contributed by atoms with van der Waals surface area (Å²) in [7, 11) is 0. The first kappa shape index (κ1) is 10.5. The minimum Gasteiger partial charge on any atom is -0.494 e. The highest BCUT2D eigenvalue weighted by Gasteiger charge is 2.09. The summed E-state index contributed by atoms with van der Waals surface area (Å²) in [6.07, 6.45) is 7.53. The Labute approximate surface area is 92.5 Å². The van der Waals surface area contributed by atoms with Gasteiger partial charge in [-0.2, -0.15) is 0 Å². The first-order valence-electron chi connectivity index (χ1n) is 6.15. The van der Waals surface area contributed by atoms with Gasteiger partial charge in [0.15, 0.2) is 0 Å². The highest BCUT2D eigenvalue weighted by molar-refractivity contribution is 5.37. The Hall–Kier alpha value is -0.980. The molecule has 82 valence electrons. The van der Waals surface area contributed by atoms with Gasteiger partial charge in [0.1, 0.15) is 5.75 Å². The van der Waals surface area contributed by atoms with Crippen LogP contribution in [0, 0.1) is 0 Å². The molecule has 1 aromatic rings. The predicted molar refractivity (Wildman–Crippen MR) is 63.5 cm³/mol. The topological polar surface area (TPSA) is 9.23 Å². The van der Waals surface area contributed by atoms with Crippen LogP contribution in [-0.4, -0.2) is 6.61 Å². The molecule has 0 heterocycles. The largest absolute Gasteiger partial charge is 0.494 e. The molecule has 0 amide bonds. The Bertz CT molecular complexity index is 317. The quantitative estimate of drug-likeness (QED) is 0.679. The molecule has 2 rings (SSSR count). The molecule has 1 aliphatic rings. The summed E-state index contributed by atoms with van der Waals surface area (Å²) in [4.78, 5) is 0. The molecule has 1 aliphatic carbocycles. The van der Waals surface area contributed by atoms with E-state index in [1.54, 1.807) is 0 Å². The van der Waals surface area contributed by atoms with Crippen molar-refractivity contribution < 1.29 is 4.74 Å². The van der Waals surface area contributed by atoms with Gasteiger partial charge in [-0.05, 0) is 55.4 Å². The zero-order valence-electron chi connectivity index (χ0n) is 9.59. The molecule has 0 N–H and O–H groups in total. The van der Waals surface area contributed by atoms with Crippen LogP contribution in [0.3, 0.4) is 0 Å². The second-order valence-electron chi connectivity index (χ2n) is 4.34. The minimum absolute atomic E-state index is 0.856. The molecule has 1 aromatic carbocycles. The Morgan fingerprint density at radius 2 is 1.93 bits per heavy atom. The van der Waals surface area contributed by atoms with E-state index in [1.165, 1.54) is 43.2 Å². The highest BCUT2D eigenvalue weighted by atomic mass is 16.5. The van der Waals surface area contributed by atoms with E-state index < -0.39 is 0 Å². The molecule has 1 nitrogen and oxygen atoms in total. The van der Waals surface area contributed by atoms with Gasteiger partial charge in [-0.1, -0.05) is 19.4 Å². The average molecular weight is 204 g/mol. The first-order chi connectivity index (χ1) is 7.40. The molecule has 1 heteroatoms. The number of fused-ring (bicyclic) bond motifs is 1. The van der Waals surface area contributed by atoms with E-state index >= 15 is 0 Å². The van der Waals surface area contributed by atoms with Gasteiger partial charge in [0.25, 0.3) is 0 Å². The average Bonchev–Trinajstić information content (AvgIpc) is 2.29. The van der Waals surface area contributed by atoms with Crippen molar-refractivity contribution in [3.05, 3.63) is 29.3 Å². The van der Waals surface area contributed by atoms with Crippen LogP contribution < -0.4 is 4.74 Å². The number of benzene rings is 1. The second kappa shape index (κ2) is 5.20. The van der Waals surface area contributed by atoms with Gasteiger partial charge < -0.3 is 4.74 Å². The molecule has 0 saturated heterocycles. The Kier molecular flexibility index (Phi) is 3.65. The molecule has 0 fully saturated rings. The van der Waals surface area contributed by atoms with Crippen LogP contribution in [0.15, 0.2) is 18.2 Å². The van der Waals surface area contributed by atoms with Crippen molar-refractivity contribution in [2.45, 2.75) is 45.4 Å². The van der Waals surface area contributed by atoms with Gasteiger partial charge in [-0.3, -0.25) is 0 Å². The normalized spacial score (nSPS) is 14.7. The van der Waals surface area contributed by atoms with Crippen molar-refractivity contribution in [3.8, 4) is 5.75 Å². The van der Waals surface area contributed by atoms with Gasteiger partial charge >= 0.3 is 0 Å². The molecule has 0 unspecified atom stereocenters. The first-order valence-corrected chi connectivity index (χ1v) is 6.15. The summed E-state index contributed by atoms with van der Waals surface area (Å²) in [5.74, 6) is 1.06. The lowest BCUT2D eigenvalue weighted by Gasteiger charge is -2.16. The number of ether oxygens (including phenoxy) is 1. The van der Waals surface area contributed by atoms with Crippen LogP contribution in [-0.2, 0) is 12.8 Å². The van der Waals surface area contributed by atoms with Crippen molar-refractivity contribution >= 4 is 0 Å². The summed E-state index contributed by atoms with van der Waals surface area (Å²) >= 11 is 0.